The van der Waals surface area contributed by atoms with Gasteiger partial charge in [0, 0.05) is 6.26 Å². The minimum Gasteiger partial charge on any atom is -0.361 e. The van der Waals surface area contributed by atoms with Crippen molar-refractivity contribution >= 4 is 21.1 Å². The monoisotopic (exact) mass is 164 g/mol. The SMILES string of the molecule is CCCC[SiH](C)OSC. The zero-order valence-corrected chi connectivity index (χ0v) is 8.49. The van der Waals surface area contributed by atoms with Gasteiger partial charge in [0.25, 0.3) is 0 Å². The fraction of sp³-hybridized carbons (Fsp3) is 1.00. The smallest absolute Gasteiger partial charge is 0.193 e. The summed E-state index contributed by atoms with van der Waals surface area (Å²) in [6, 6.07) is 1.33. The molecule has 0 amide bonds. The molecule has 1 atom stereocenters. The van der Waals surface area contributed by atoms with Gasteiger partial charge in [-0.25, -0.2) is 0 Å². The first-order chi connectivity index (χ1) is 4.31. The van der Waals surface area contributed by atoms with Crippen molar-refractivity contribution in [2.75, 3.05) is 6.26 Å². The molecule has 0 aromatic heterocycles. The number of hydrogen-bond donors (Lipinski definition) is 0. The van der Waals surface area contributed by atoms with Crippen LogP contribution in [-0.4, -0.2) is 15.3 Å². The van der Waals surface area contributed by atoms with E-state index in [1.807, 2.05) is 6.26 Å². The van der Waals surface area contributed by atoms with E-state index in [-0.39, 0.29) is 0 Å². The predicted octanol–water partition coefficient (Wildman–Crippen LogP) is 2.43. The average molecular weight is 164 g/mol. The Morgan fingerprint density at radius 3 is 2.67 bits per heavy atom. The van der Waals surface area contributed by atoms with Gasteiger partial charge in [0.1, 0.15) is 0 Å². The molecule has 56 valence electrons. The Morgan fingerprint density at radius 1 is 1.56 bits per heavy atom. The number of unbranched alkanes of at least 4 members (excludes halogenated alkanes) is 1. The molecule has 0 aromatic rings. The molecular weight excluding hydrogens is 148 g/mol. The molecule has 0 N–H and O–H groups in total. The fourth-order valence-corrected chi connectivity index (χ4v) is 3.39. The summed E-state index contributed by atoms with van der Waals surface area (Å²) in [6.07, 6.45) is 4.64. The van der Waals surface area contributed by atoms with Crippen LogP contribution in [0.5, 0.6) is 0 Å². The summed E-state index contributed by atoms with van der Waals surface area (Å²) in [5.41, 5.74) is 0. The minimum absolute atomic E-state index is 0.757. The lowest BCUT2D eigenvalue weighted by molar-refractivity contribution is 0.660. The molecule has 0 aliphatic carbocycles. The minimum atomic E-state index is -0.757. The Balaban J connectivity index is 2.95. The largest absolute Gasteiger partial charge is 0.361 e. The van der Waals surface area contributed by atoms with Gasteiger partial charge in [0.2, 0.25) is 0 Å². The van der Waals surface area contributed by atoms with Gasteiger partial charge in [0.05, 0.1) is 0 Å². The highest BCUT2D eigenvalue weighted by Gasteiger charge is 2.01. The van der Waals surface area contributed by atoms with Crippen LogP contribution in [0.2, 0.25) is 12.6 Å². The van der Waals surface area contributed by atoms with Gasteiger partial charge < -0.3 is 3.87 Å². The molecule has 0 radical (unpaired) electrons. The third kappa shape index (κ3) is 6.41. The summed E-state index contributed by atoms with van der Waals surface area (Å²) in [5.74, 6) is 0. The van der Waals surface area contributed by atoms with Crippen LogP contribution >= 0.6 is 12.0 Å². The molecule has 0 aromatic carbocycles. The van der Waals surface area contributed by atoms with Gasteiger partial charge in [0.15, 0.2) is 9.04 Å². The van der Waals surface area contributed by atoms with Crippen LogP contribution in [0.15, 0.2) is 0 Å². The van der Waals surface area contributed by atoms with Crippen molar-refractivity contribution in [1.29, 1.82) is 0 Å². The van der Waals surface area contributed by atoms with Crippen molar-refractivity contribution in [3.05, 3.63) is 0 Å². The second-order valence-electron chi connectivity index (χ2n) is 2.22. The molecule has 9 heavy (non-hydrogen) atoms. The molecule has 0 spiro atoms. The topological polar surface area (TPSA) is 9.23 Å². The second-order valence-corrected chi connectivity index (χ2v) is 5.52. The van der Waals surface area contributed by atoms with Crippen molar-refractivity contribution in [3.8, 4) is 0 Å². The summed E-state index contributed by atoms with van der Waals surface area (Å²) in [5, 5.41) is 0. The maximum Gasteiger partial charge on any atom is 0.193 e. The van der Waals surface area contributed by atoms with Crippen LogP contribution in [-0.2, 0) is 3.87 Å². The first-order valence-corrected chi connectivity index (χ1v) is 7.10. The molecule has 0 aliphatic rings. The van der Waals surface area contributed by atoms with Crippen molar-refractivity contribution < 1.29 is 3.87 Å². The third-order valence-corrected chi connectivity index (χ3v) is 4.53. The van der Waals surface area contributed by atoms with E-state index in [2.05, 4.69) is 13.5 Å². The van der Waals surface area contributed by atoms with E-state index < -0.39 is 9.04 Å². The number of rotatable bonds is 5. The lowest BCUT2D eigenvalue weighted by Gasteiger charge is -2.05. The van der Waals surface area contributed by atoms with Gasteiger partial charge >= 0.3 is 0 Å². The second kappa shape index (κ2) is 6.64. The standard InChI is InChI=1S/C6H16OSSi/c1-4-5-6-9(3)7-8-2/h9H,4-6H2,1-3H3. The van der Waals surface area contributed by atoms with Crippen LogP contribution in [0.1, 0.15) is 19.8 Å². The number of hydrogen-bond acceptors (Lipinski definition) is 2. The predicted molar refractivity (Wildman–Crippen MR) is 47.3 cm³/mol. The van der Waals surface area contributed by atoms with Crippen LogP contribution in [0.25, 0.3) is 0 Å². The van der Waals surface area contributed by atoms with Crippen molar-refractivity contribution in [1.82, 2.24) is 0 Å². The zero-order chi connectivity index (χ0) is 7.11. The zero-order valence-electron chi connectivity index (χ0n) is 6.52. The van der Waals surface area contributed by atoms with Crippen LogP contribution in [0.4, 0.5) is 0 Å². The van der Waals surface area contributed by atoms with E-state index in [0.29, 0.717) is 0 Å². The molecule has 0 fully saturated rings. The molecule has 0 bridgehead atoms. The molecule has 0 aliphatic heterocycles. The maximum atomic E-state index is 5.40. The van der Waals surface area contributed by atoms with Crippen molar-refractivity contribution in [2.45, 2.75) is 32.4 Å². The molecular formula is C6H16OSSi. The van der Waals surface area contributed by atoms with Gasteiger partial charge in [-0.3, -0.25) is 0 Å². The van der Waals surface area contributed by atoms with E-state index in [1.165, 1.54) is 30.9 Å². The van der Waals surface area contributed by atoms with Crippen molar-refractivity contribution in [2.24, 2.45) is 0 Å². The summed E-state index contributed by atoms with van der Waals surface area (Å²) in [4.78, 5) is 0. The first-order valence-electron chi connectivity index (χ1n) is 3.50. The molecule has 1 nitrogen and oxygen atoms in total. The van der Waals surface area contributed by atoms with Gasteiger partial charge in [-0.05, 0) is 24.6 Å². The summed E-state index contributed by atoms with van der Waals surface area (Å²) < 4.78 is 5.40. The van der Waals surface area contributed by atoms with Gasteiger partial charge in [-0.2, -0.15) is 0 Å². The Labute approximate surface area is 64.1 Å². The molecule has 1 unspecified atom stereocenters. The van der Waals surface area contributed by atoms with Crippen molar-refractivity contribution in [3.63, 3.8) is 0 Å². The van der Waals surface area contributed by atoms with Crippen LogP contribution in [0, 0.1) is 0 Å². The summed E-state index contributed by atoms with van der Waals surface area (Å²) >= 11 is 1.52. The molecule has 0 saturated heterocycles. The fourth-order valence-electron chi connectivity index (χ4n) is 0.704. The Hall–Kier alpha value is 0.527. The van der Waals surface area contributed by atoms with E-state index in [0.717, 1.165) is 0 Å². The quantitative estimate of drug-likeness (QED) is 0.456. The maximum absolute atomic E-state index is 5.40. The average Bonchev–Trinajstić information content (AvgIpc) is 1.85. The Bertz CT molecular complexity index is 61.0. The summed E-state index contributed by atoms with van der Waals surface area (Å²) in [6.45, 7) is 4.48. The molecule has 3 heteroatoms. The molecule has 0 saturated carbocycles. The molecule has 0 rings (SSSR count). The van der Waals surface area contributed by atoms with Gasteiger partial charge in [-0.1, -0.05) is 19.8 Å². The van der Waals surface area contributed by atoms with E-state index in [4.69, 9.17) is 3.87 Å². The van der Waals surface area contributed by atoms with Crippen LogP contribution in [0.3, 0.4) is 0 Å². The van der Waals surface area contributed by atoms with E-state index in [1.54, 1.807) is 0 Å². The highest BCUT2D eigenvalue weighted by molar-refractivity contribution is 7.94. The molecule has 0 heterocycles. The highest BCUT2D eigenvalue weighted by atomic mass is 32.2. The lowest BCUT2D eigenvalue weighted by atomic mass is 10.4. The third-order valence-electron chi connectivity index (χ3n) is 1.22. The normalized spacial score (nSPS) is 13.7. The van der Waals surface area contributed by atoms with Crippen LogP contribution < -0.4 is 0 Å². The Kier molecular flexibility index (Phi) is 7.03. The first kappa shape index (κ1) is 9.53. The Morgan fingerprint density at radius 2 is 2.22 bits per heavy atom. The lowest BCUT2D eigenvalue weighted by Crippen LogP contribution is -2.07. The highest BCUT2D eigenvalue weighted by Crippen LogP contribution is 2.07. The van der Waals surface area contributed by atoms with E-state index in [9.17, 15) is 0 Å². The summed E-state index contributed by atoms with van der Waals surface area (Å²) in [7, 11) is -0.757. The van der Waals surface area contributed by atoms with Gasteiger partial charge in [-0.15, -0.1) is 0 Å². The van der Waals surface area contributed by atoms with E-state index >= 15 is 0 Å².